The van der Waals surface area contributed by atoms with Crippen LogP contribution in [0.15, 0.2) is 12.1 Å². The highest BCUT2D eigenvalue weighted by Crippen LogP contribution is 2.44. The van der Waals surface area contributed by atoms with Crippen LogP contribution in [-0.4, -0.2) is 5.11 Å². The van der Waals surface area contributed by atoms with Crippen molar-refractivity contribution in [2.45, 2.75) is 18.9 Å². The van der Waals surface area contributed by atoms with Crippen molar-refractivity contribution < 1.29 is 9.50 Å². The lowest BCUT2D eigenvalue weighted by Crippen LogP contribution is -2.03. The monoisotopic (exact) mass is 234 g/mol. The third-order valence-corrected chi connectivity index (χ3v) is 3.26. The van der Waals surface area contributed by atoms with E-state index in [2.05, 4.69) is 0 Å². The third kappa shape index (κ3) is 1.74. The van der Waals surface area contributed by atoms with Crippen molar-refractivity contribution in [3.05, 3.63) is 33.6 Å². The molecule has 0 bridgehead atoms. The Labute approximate surface area is 91.5 Å². The van der Waals surface area contributed by atoms with Crippen molar-refractivity contribution in [1.82, 2.24) is 0 Å². The van der Waals surface area contributed by atoms with Gasteiger partial charge >= 0.3 is 0 Å². The van der Waals surface area contributed by atoms with Crippen molar-refractivity contribution in [3.63, 3.8) is 0 Å². The predicted octanol–water partition coefficient (Wildman–Crippen LogP) is 3.58. The van der Waals surface area contributed by atoms with Crippen LogP contribution in [0.2, 0.25) is 10.0 Å². The fraction of sp³-hybridized carbons (Fsp3) is 0.400. The number of aliphatic hydroxyl groups excluding tert-OH is 1. The maximum absolute atomic E-state index is 13.4. The van der Waals surface area contributed by atoms with Crippen LogP contribution in [0, 0.1) is 11.7 Å². The van der Waals surface area contributed by atoms with E-state index in [9.17, 15) is 9.50 Å². The molecule has 14 heavy (non-hydrogen) atoms. The summed E-state index contributed by atoms with van der Waals surface area (Å²) in [6.07, 6.45) is 1.02. The molecule has 1 saturated carbocycles. The molecule has 0 radical (unpaired) electrons. The van der Waals surface area contributed by atoms with Crippen molar-refractivity contribution in [1.29, 1.82) is 0 Å². The van der Waals surface area contributed by atoms with Crippen LogP contribution in [0.5, 0.6) is 0 Å². The number of hydrogen-bond donors (Lipinski definition) is 1. The number of halogens is 3. The molecule has 2 rings (SSSR count). The largest absolute Gasteiger partial charge is 0.388 e. The van der Waals surface area contributed by atoms with Gasteiger partial charge in [-0.05, 0) is 30.9 Å². The van der Waals surface area contributed by atoms with Gasteiger partial charge in [0, 0.05) is 5.56 Å². The molecule has 4 heteroatoms. The van der Waals surface area contributed by atoms with E-state index in [0.717, 1.165) is 12.8 Å². The second kappa shape index (κ2) is 3.69. The van der Waals surface area contributed by atoms with Crippen LogP contribution >= 0.6 is 23.2 Å². The molecule has 76 valence electrons. The van der Waals surface area contributed by atoms with Crippen molar-refractivity contribution in [3.8, 4) is 0 Å². The first-order valence-corrected chi connectivity index (χ1v) is 5.18. The zero-order valence-electron chi connectivity index (χ0n) is 7.30. The molecular formula is C10H9Cl2FO. The van der Waals surface area contributed by atoms with Gasteiger partial charge in [-0.25, -0.2) is 4.39 Å². The summed E-state index contributed by atoms with van der Waals surface area (Å²) >= 11 is 11.6. The molecule has 1 N–H and O–H groups in total. The Bertz CT molecular complexity index is 363. The number of aliphatic hydroxyl groups is 1. The number of benzene rings is 1. The Hall–Kier alpha value is -0.310. The maximum atomic E-state index is 13.4. The third-order valence-electron chi connectivity index (χ3n) is 2.44. The first-order chi connectivity index (χ1) is 6.61. The summed E-state index contributed by atoms with van der Waals surface area (Å²) in [7, 11) is 0. The molecule has 1 unspecified atom stereocenters. The average molecular weight is 235 g/mol. The van der Waals surface area contributed by atoms with Gasteiger partial charge in [0.1, 0.15) is 5.82 Å². The van der Waals surface area contributed by atoms with Crippen molar-refractivity contribution in [2.24, 2.45) is 5.92 Å². The fourth-order valence-electron chi connectivity index (χ4n) is 1.46. The van der Waals surface area contributed by atoms with Crippen LogP contribution in [-0.2, 0) is 0 Å². The van der Waals surface area contributed by atoms with Crippen LogP contribution in [0.3, 0.4) is 0 Å². The molecule has 1 aromatic carbocycles. The minimum Gasteiger partial charge on any atom is -0.388 e. The van der Waals surface area contributed by atoms with Gasteiger partial charge < -0.3 is 5.11 Å². The second-order valence-electron chi connectivity index (χ2n) is 3.54. The molecule has 0 aromatic heterocycles. The normalized spacial score (nSPS) is 18.3. The lowest BCUT2D eigenvalue weighted by atomic mass is 10.0. The summed E-state index contributed by atoms with van der Waals surface area (Å²) in [6.45, 7) is 0. The van der Waals surface area contributed by atoms with Crippen LogP contribution in [0.1, 0.15) is 24.5 Å². The average Bonchev–Trinajstić information content (AvgIpc) is 2.95. The zero-order chi connectivity index (χ0) is 10.3. The standard InChI is InChI=1S/C10H9Cl2FO/c11-6-3-4-7(13)8(9(6)12)10(14)5-1-2-5/h3-5,10,14H,1-2H2. The van der Waals surface area contributed by atoms with Gasteiger partial charge in [0.05, 0.1) is 16.1 Å². The van der Waals surface area contributed by atoms with Crippen LogP contribution in [0.4, 0.5) is 4.39 Å². The highest BCUT2D eigenvalue weighted by molar-refractivity contribution is 6.42. The van der Waals surface area contributed by atoms with Gasteiger partial charge in [0.2, 0.25) is 0 Å². The van der Waals surface area contributed by atoms with E-state index >= 15 is 0 Å². The summed E-state index contributed by atoms with van der Waals surface area (Å²) in [6, 6.07) is 2.62. The lowest BCUT2D eigenvalue weighted by molar-refractivity contribution is 0.149. The molecule has 1 aliphatic rings. The van der Waals surface area contributed by atoms with Crippen molar-refractivity contribution >= 4 is 23.2 Å². The molecule has 1 nitrogen and oxygen atoms in total. The predicted molar refractivity (Wildman–Crippen MR) is 54.1 cm³/mol. The smallest absolute Gasteiger partial charge is 0.130 e. The molecular weight excluding hydrogens is 226 g/mol. The van der Waals surface area contributed by atoms with E-state index in [1.807, 2.05) is 0 Å². The summed E-state index contributed by atoms with van der Waals surface area (Å²) < 4.78 is 13.4. The Morgan fingerprint density at radius 2 is 2.00 bits per heavy atom. The van der Waals surface area contributed by atoms with E-state index in [1.54, 1.807) is 0 Å². The van der Waals surface area contributed by atoms with E-state index in [1.165, 1.54) is 12.1 Å². The second-order valence-corrected chi connectivity index (χ2v) is 4.32. The highest BCUT2D eigenvalue weighted by Gasteiger charge is 2.34. The van der Waals surface area contributed by atoms with Gasteiger partial charge in [-0.3, -0.25) is 0 Å². The van der Waals surface area contributed by atoms with E-state index in [4.69, 9.17) is 23.2 Å². The molecule has 1 fully saturated rings. The van der Waals surface area contributed by atoms with E-state index in [0.29, 0.717) is 0 Å². The number of hydrogen-bond acceptors (Lipinski definition) is 1. The maximum Gasteiger partial charge on any atom is 0.130 e. The molecule has 1 atom stereocenters. The van der Waals surface area contributed by atoms with E-state index < -0.39 is 11.9 Å². The first-order valence-electron chi connectivity index (χ1n) is 4.42. The van der Waals surface area contributed by atoms with E-state index in [-0.39, 0.29) is 21.5 Å². The minimum absolute atomic E-state index is 0.131. The van der Waals surface area contributed by atoms with Crippen LogP contribution < -0.4 is 0 Å². The quantitative estimate of drug-likeness (QED) is 0.776. The number of rotatable bonds is 2. The van der Waals surface area contributed by atoms with Crippen LogP contribution in [0.25, 0.3) is 0 Å². The first kappa shape index (κ1) is 10.2. The summed E-state index contributed by atoms with van der Waals surface area (Å²) in [4.78, 5) is 0. The van der Waals surface area contributed by atoms with Gasteiger partial charge in [-0.1, -0.05) is 23.2 Å². The lowest BCUT2D eigenvalue weighted by Gasteiger charge is -2.13. The molecule has 1 aliphatic carbocycles. The Morgan fingerprint density at radius 3 is 2.57 bits per heavy atom. The Kier molecular flexibility index (Phi) is 2.69. The van der Waals surface area contributed by atoms with Gasteiger partial charge in [-0.15, -0.1) is 0 Å². The van der Waals surface area contributed by atoms with Gasteiger partial charge in [0.15, 0.2) is 0 Å². The summed E-state index contributed by atoms with van der Waals surface area (Å²) in [5.74, 6) is -0.348. The van der Waals surface area contributed by atoms with Gasteiger partial charge in [-0.2, -0.15) is 0 Å². The van der Waals surface area contributed by atoms with Gasteiger partial charge in [0.25, 0.3) is 0 Å². The molecule has 0 aliphatic heterocycles. The molecule has 0 spiro atoms. The SMILES string of the molecule is OC(c1c(F)ccc(Cl)c1Cl)C1CC1. The molecule has 0 amide bonds. The van der Waals surface area contributed by atoms with Crippen molar-refractivity contribution in [2.75, 3.05) is 0 Å². The summed E-state index contributed by atoms with van der Waals surface area (Å²) in [5.41, 5.74) is 0.140. The minimum atomic E-state index is -0.818. The fourth-order valence-corrected chi connectivity index (χ4v) is 1.89. The molecule has 1 aromatic rings. The molecule has 0 saturated heterocycles. The zero-order valence-corrected chi connectivity index (χ0v) is 8.82. The molecule has 0 heterocycles. The Morgan fingerprint density at radius 1 is 1.36 bits per heavy atom. The topological polar surface area (TPSA) is 20.2 Å². The Balaban J connectivity index is 2.43. The highest BCUT2D eigenvalue weighted by atomic mass is 35.5. The summed E-state index contributed by atoms with van der Waals surface area (Å²) in [5, 5.41) is 10.2.